The van der Waals surface area contributed by atoms with Crippen molar-refractivity contribution in [1.82, 2.24) is 4.90 Å². The summed E-state index contributed by atoms with van der Waals surface area (Å²) >= 11 is 0. The van der Waals surface area contributed by atoms with E-state index in [1.807, 2.05) is 17.0 Å². The highest BCUT2D eigenvalue weighted by atomic mass is 16.7. The van der Waals surface area contributed by atoms with Gasteiger partial charge in [-0.25, -0.2) is 4.79 Å². The SMILES string of the molecule is CC(C)(C)C1(c2cccc(B3OC(C)(C)C(C)(C)O3)c2)CCCN1C(N)=O. The van der Waals surface area contributed by atoms with Crippen molar-refractivity contribution in [2.24, 2.45) is 11.1 Å². The summed E-state index contributed by atoms with van der Waals surface area (Å²) in [7, 11) is -0.421. The number of hydrogen-bond acceptors (Lipinski definition) is 3. The summed E-state index contributed by atoms with van der Waals surface area (Å²) in [5, 5.41) is 0. The number of primary amides is 1. The van der Waals surface area contributed by atoms with Crippen LogP contribution in [0.2, 0.25) is 0 Å². The van der Waals surface area contributed by atoms with Crippen LogP contribution in [0.4, 0.5) is 4.79 Å². The minimum Gasteiger partial charge on any atom is -0.399 e. The molecule has 2 aliphatic heterocycles. The molecular formula is C21H33BN2O3. The van der Waals surface area contributed by atoms with Crippen molar-refractivity contribution < 1.29 is 14.1 Å². The van der Waals surface area contributed by atoms with Crippen LogP contribution in [-0.4, -0.2) is 35.8 Å². The third-order valence-electron chi connectivity index (χ3n) is 6.78. The van der Waals surface area contributed by atoms with Crippen molar-refractivity contribution in [2.75, 3.05) is 6.54 Å². The molecule has 0 radical (unpaired) electrons. The van der Waals surface area contributed by atoms with Gasteiger partial charge in [-0.2, -0.15) is 0 Å². The maximum atomic E-state index is 12.2. The number of carbonyl (C=O) groups excluding carboxylic acids is 1. The first-order valence-electron chi connectivity index (χ1n) is 9.85. The summed E-state index contributed by atoms with van der Waals surface area (Å²) in [6, 6.07) is 7.94. The van der Waals surface area contributed by atoms with E-state index in [9.17, 15) is 4.79 Å². The number of nitrogens with zero attached hydrogens (tertiary/aromatic N) is 1. The van der Waals surface area contributed by atoms with Crippen LogP contribution >= 0.6 is 0 Å². The van der Waals surface area contributed by atoms with Crippen LogP contribution in [0.1, 0.15) is 66.9 Å². The van der Waals surface area contributed by atoms with Crippen LogP contribution in [-0.2, 0) is 14.8 Å². The van der Waals surface area contributed by atoms with Crippen molar-refractivity contribution in [3.05, 3.63) is 29.8 Å². The molecule has 2 saturated heterocycles. The van der Waals surface area contributed by atoms with Crippen molar-refractivity contribution in [3.63, 3.8) is 0 Å². The molecule has 0 spiro atoms. The zero-order valence-electron chi connectivity index (χ0n) is 17.8. The lowest BCUT2D eigenvalue weighted by Gasteiger charge is -2.48. The maximum Gasteiger partial charge on any atom is 0.494 e. The van der Waals surface area contributed by atoms with Gasteiger partial charge in [0, 0.05) is 6.54 Å². The van der Waals surface area contributed by atoms with E-state index in [1.54, 1.807) is 0 Å². The van der Waals surface area contributed by atoms with E-state index in [2.05, 4.69) is 60.6 Å². The molecule has 1 aromatic rings. The first-order chi connectivity index (χ1) is 12.3. The number of likely N-dealkylation sites (tertiary alicyclic amines) is 1. The highest BCUT2D eigenvalue weighted by Crippen LogP contribution is 2.51. The lowest BCUT2D eigenvalue weighted by Crippen LogP contribution is -2.55. The number of hydrogen-bond donors (Lipinski definition) is 1. The fraction of sp³-hybridized carbons (Fsp3) is 0.667. The second-order valence-corrected chi connectivity index (χ2v) is 9.92. The molecule has 1 aromatic carbocycles. The average molecular weight is 372 g/mol. The van der Waals surface area contributed by atoms with E-state index in [0.29, 0.717) is 6.54 Å². The van der Waals surface area contributed by atoms with E-state index in [4.69, 9.17) is 15.0 Å². The van der Waals surface area contributed by atoms with Gasteiger partial charge in [-0.3, -0.25) is 0 Å². The molecular weight excluding hydrogens is 339 g/mol. The Hall–Kier alpha value is -1.53. The van der Waals surface area contributed by atoms with Gasteiger partial charge in [-0.05, 0) is 57.0 Å². The number of urea groups is 1. The van der Waals surface area contributed by atoms with Crippen molar-refractivity contribution in [2.45, 2.75) is 78.0 Å². The van der Waals surface area contributed by atoms with E-state index in [0.717, 1.165) is 23.9 Å². The standard InChI is InChI=1S/C21H33BN2O3/c1-18(2,3)21(12-9-13-24(21)17(23)25)15-10-8-11-16(14-15)22-26-19(4,5)20(6,7)27-22/h8,10-11,14H,9,12-13H2,1-7H3,(H2,23,25). The summed E-state index contributed by atoms with van der Waals surface area (Å²) in [6.07, 6.45) is 1.84. The van der Waals surface area contributed by atoms with E-state index < -0.39 is 12.7 Å². The first-order valence-corrected chi connectivity index (χ1v) is 9.85. The van der Waals surface area contributed by atoms with Crippen LogP contribution in [0.25, 0.3) is 0 Å². The fourth-order valence-corrected chi connectivity index (χ4v) is 4.55. The van der Waals surface area contributed by atoms with Crippen molar-refractivity contribution in [1.29, 1.82) is 0 Å². The maximum absolute atomic E-state index is 12.2. The Bertz CT molecular complexity index is 725. The van der Waals surface area contributed by atoms with Crippen LogP contribution in [0, 0.1) is 5.41 Å². The summed E-state index contributed by atoms with van der Waals surface area (Å²) in [6.45, 7) is 15.4. The van der Waals surface area contributed by atoms with Gasteiger partial charge in [-0.1, -0.05) is 45.0 Å². The number of benzene rings is 1. The second-order valence-electron chi connectivity index (χ2n) is 9.92. The first kappa shape index (κ1) is 20.2. The van der Waals surface area contributed by atoms with Crippen LogP contribution < -0.4 is 11.2 Å². The van der Waals surface area contributed by atoms with Gasteiger partial charge in [0.25, 0.3) is 0 Å². The van der Waals surface area contributed by atoms with Gasteiger partial charge in [-0.15, -0.1) is 0 Å². The largest absolute Gasteiger partial charge is 0.494 e. The zero-order valence-corrected chi connectivity index (χ0v) is 17.8. The van der Waals surface area contributed by atoms with Gasteiger partial charge in [0.2, 0.25) is 0 Å². The van der Waals surface area contributed by atoms with Crippen molar-refractivity contribution in [3.8, 4) is 0 Å². The molecule has 2 heterocycles. The molecule has 5 nitrogen and oxygen atoms in total. The topological polar surface area (TPSA) is 64.8 Å². The molecule has 2 amide bonds. The highest BCUT2D eigenvalue weighted by molar-refractivity contribution is 6.62. The lowest BCUT2D eigenvalue weighted by atomic mass is 9.66. The predicted octanol–water partition coefficient (Wildman–Crippen LogP) is 3.40. The van der Waals surface area contributed by atoms with E-state index in [1.165, 1.54) is 0 Å². The van der Waals surface area contributed by atoms with Gasteiger partial charge < -0.3 is 19.9 Å². The normalized spacial score (nSPS) is 27.2. The van der Waals surface area contributed by atoms with Crippen molar-refractivity contribution >= 4 is 18.6 Å². The Kier molecular flexibility index (Phi) is 4.68. The van der Waals surface area contributed by atoms with E-state index >= 15 is 0 Å². The third kappa shape index (κ3) is 3.07. The molecule has 1 atom stereocenters. The highest BCUT2D eigenvalue weighted by Gasteiger charge is 2.54. The smallest absolute Gasteiger partial charge is 0.399 e. The van der Waals surface area contributed by atoms with Crippen LogP contribution in [0.3, 0.4) is 0 Å². The number of rotatable bonds is 2. The molecule has 1 unspecified atom stereocenters. The summed E-state index contributed by atoms with van der Waals surface area (Å²) in [5.41, 5.74) is 6.48. The molecule has 3 rings (SSSR count). The second kappa shape index (κ2) is 6.24. The quantitative estimate of drug-likeness (QED) is 0.810. The Morgan fingerprint density at radius 1 is 1.15 bits per heavy atom. The lowest BCUT2D eigenvalue weighted by molar-refractivity contribution is 0.00578. The number of nitrogens with two attached hydrogens (primary N) is 1. The Balaban J connectivity index is 2.05. The minimum absolute atomic E-state index is 0.160. The van der Waals surface area contributed by atoms with Gasteiger partial charge in [0.1, 0.15) is 0 Å². The Labute approximate surface area is 163 Å². The Morgan fingerprint density at radius 3 is 2.26 bits per heavy atom. The van der Waals surface area contributed by atoms with Crippen LogP contribution in [0.5, 0.6) is 0 Å². The summed E-state index contributed by atoms with van der Waals surface area (Å²) < 4.78 is 12.5. The fourth-order valence-electron chi connectivity index (χ4n) is 4.55. The zero-order chi connectivity index (χ0) is 20.3. The molecule has 6 heteroatoms. The van der Waals surface area contributed by atoms with Gasteiger partial charge in [0.05, 0.1) is 16.7 Å². The molecule has 2 fully saturated rings. The minimum atomic E-state index is -0.432. The predicted molar refractivity (Wildman–Crippen MR) is 109 cm³/mol. The molecule has 0 aliphatic carbocycles. The molecule has 27 heavy (non-hydrogen) atoms. The Morgan fingerprint density at radius 2 is 1.74 bits per heavy atom. The average Bonchev–Trinajstić information content (AvgIpc) is 3.07. The third-order valence-corrected chi connectivity index (χ3v) is 6.78. The van der Waals surface area contributed by atoms with Gasteiger partial charge >= 0.3 is 13.1 Å². The molecule has 0 bridgehead atoms. The van der Waals surface area contributed by atoms with Gasteiger partial charge in [0.15, 0.2) is 0 Å². The summed E-state index contributed by atoms with van der Waals surface area (Å²) in [4.78, 5) is 14.1. The summed E-state index contributed by atoms with van der Waals surface area (Å²) in [5.74, 6) is 0. The number of carbonyl (C=O) groups is 1. The molecule has 2 aliphatic rings. The molecule has 0 saturated carbocycles. The molecule has 2 N–H and O–H groups in total. The molecule has 148 valence electrons. The van der Waals surface area contributed by atoms with E-state index in [-0.39, 0.29) is 22.6 Å². The molecule has 0 aromatic heterocycles. The monoisotopic (exact) mass is 372 g/mol. The number of amides is 2. The van der Waals surface area contributed by atoms with Crippen LogP contribution in [0.15, 0.2) is 24.3 Å².